The molecule has 160 valence electrons. The van der Waals surface area contributed by atoms with Gasteiger partial charge in [-0.1, -0.05) is 0 Å². The average molecular weight is 402 g/mol. The van der Waals surface area contributed by atoms with Crippen LogP contribution in [-0.2, 0) is 19.1 Å². The molecule has 4 N–H and O–H groups in total. The summed E-state index contributed by atoms with van der Waals surface area (Å²) in [4.78, 5) is 46.4. The minimum atomic E-state index is -1.28. The molecule has 28 heavy (non-hydrogen) atoms. The normalized spacial score (nSPS) is 21.0. The molecular weight excluding hydrogens is 372 g/mol. The van der Waals surface area contributed by atoms with E-state index in [0.717, 1.165) is 4.90 Å². The lowest BCUT2D eigenvalue weighted by Gasteiger charge is -2.33. The Labute approximate surface area is 163 Å². The Bertz CT molecular complexity index is 563. The first kappa shape index (κ1) is 23.7. The zero-order chi connectivity index (χ0) is 21.5. The van der Waals surface area contributed by atoms with Gasteiger partial charge in [-0.3, -0.25) is 19.3 Å². The van der Waals surface area contributed by atoms with Gasteiger partial charge in [0, 0.05) is 6.04 Å². The van der Waals surface area contributed by atoms with Gasteiger partial charge in [0.1, 0.15) is 11.6 Å². The number of nitrogens with one attached hydrogen (secondary N) is 1. The van der Waals surface area contributed by atoms with Crippen molar-refractivity contribution in [3.8, 4) is 0 Å². The summed E-state index contributed by atoms with van der Waals surface area (Å²) in [5.74, 6) is -3.80. The van der Waals surface area contributed by atoms with Crippen LogP contribution in [0.4, 0.5) is 4.79 Å². The first-order valence-corrected chi connectivity index (χ1v) is 9.27. The Morgan fingerprint density at radius 2 is 1.50 bits per heavy atom. The number of carbonyl (C=O) groups excluding carboxylic acids is 1. The van der Waals surface area contributed by atoms with Gasteiger partial charge < -0.3 is 25.4 Å². The number of carboxylic acids is 3. The minimum absolute atomic E-state index is 0.00266. The van der Waals surface area contributed by atoms with E-state index in [1.165, 1.54) is 0 Å². The van der Waals surface area contributed by atoms with Crippen LogP contribution >= 0.6 is 0 Å². The van der Waals surface area contributed by atoms with Crippen LogP contribution in [-0.4, -0.2) is 75.0 Å². The van der Waals surface area contributed by atoms with Crippen molar-refractivity contribution < 1.29 is 39.2 Å². The molecule has 0 spiro atoms. The van der Waals surface area contributed by atoms with Gasteiger partial charge in [0.05, 0.1) is 13.1 Å². The van der Waals surface area contributed by atoms with Crippen molar-refractivity contribution in [1.82, 2.24) is 10.2 Å². The molecule has 0 heterocycles. The second-order valence-electron chi connectivity index (χ2n) is 8.15. The maximum Gasteiger partial charge on any atom is 0.407 e. The first-order valence-electron chi connectivity index (χ1n) is 9.27. The highest BCUT2D eigenvalue weighted by Gasteiger charge is 2.33. The Morgan fingerprint density at radius 3 is 1.89 bits per heavy atom. The van der Waals surface area contributed by atoms with E-state index < -0.39 is 48.7 Å². The number of alkyl carbamates (subject to hydrolysis) is 1. The van der Waals surface area contributed by atoms with E-state index in [0.29, 0.717) is 25.7 Å². The molecule has 1 rings (SSSR count). The van der Waals surface area contributed by atoms with E-state index in [2.05, 4.69) is 5.32 Å². The highest BCUT2D eigenvalue weighted by molar-refractivity contribution is 5.78. The first-order chi connectivity index (χ1) is 12.9. The highest BCUT2D eigenvalue weighted by Crippen LogP contribution is 2.29. The van der Waals surface area contributed by atoms with Crippen LogP contribution in [0, 0.1) is 5.92 Å². The number of ether oxygens (including phenoxy) is 1. The lowest BCUT2D eigenvalue weighted by Crippen LogP contribution is -2.48. The fourth-order valence-electron chi connectivity index (χ4n) is 3.36. The summed E-state index contributed by atoms with van der Waals surface area (Å²) in [5.41, 5.74) is -0.590. The molecule has 1 aliphatic carbocycles. The molecular formula is C18H30N2O8. The van der Waals surface area contributed by atoms with Gasteiger partial charge in [0.2, 0.25) is 0 Å². The number of aliphatic carboxylic acids is 3. The number of amides is 1. The van der Waals surface area contributed by atoms with Crippen LogP contribution < -0.4 is 5.32 Å². The molecule has 0 bridgehead atoms. The van der Waals surface area contributed by atoms with E-state index >= 15 is 0 Å². The van der Waals surface area contributed by atoms with Crippen LogP contribution in [0.25, 0.3) is 0 Å². The number of carboxylic acid groups (broad SMARTS) is 3. The van der Waals surface area contributed by atoms with Crippen LogP contribution in [0.15, 0.2) is 0 Å². The van der Waals surface area contributed by atoms with E-state index in [1.54, 1.807) is 20.8 Å². The largest absolute Gasteiger partial charge is 0.480 e. The van der Waals surface area contributed by atoms with E-state index in [-0.39, 0.29) is 18.4 Å². The summed E-state index contributed by atoms with van der Waals surface area (Å²) in [6.07, 6.45) is 2.27. The summed E-state index contributed by atoms with van der Waals surface area (Å²) >= 11 is 0. The molecule has 1 aliphatic rings. The van der Waals surface area contributed by atoms with Crippen LogP contribution in [0.5, 0.6) is 0 Å². The molecule has 1 fully saturated rings. The van der Waals surface area contributed by atoms with Gasteiger partial charge in [-0.05, 0) is 58.8 Å². The van der Waals surface area contributed by atoms with Crippen LogP contribution in [0.1, 0.15) is 52.9 Å². The molecule has 1 amide bonds. The highest BCUT2D eigenvalue weighted by atomic mass is 16.6. The van der Waals surface area contributed by atoms with Crippen molar-refractivity contribution in [2.75, 3.05) is 13.1 Å². The number of rotatable bonds is 9. The molecule has 0 radical (unpaired) electrons. The van der Waals surface area contributed by atoms with Crippen molar-refractivity contribution in [3.63, 3.8) is 0 Å². The molecule has 10 heteroatoms. The second kappa shape index (κ2) is 10.3. The van der Waals surface area contributed by atoms with E-state index in [1.807, 2.05) is 0 Å². The molecule has 0 aromatic carbocycles. The summed E-state index contributed by atoms with van der Waals surface area (Å²) in [5, 5.41) is 30.2. The number of nitrogens with zero attached hydrogens (tertiary/aromatic N) is 1. The number of hydrogen-bond acceptors (Lipinski definition) is 6. The third kappa shape index (κ3) is 9.03. The molecule has 0 saturated heterocycles. The Hall–Kier alpha value is -2.36. The predicted molar refractivity (Wildman–Crippen MR) is 98.0 cm³/mol. The standard InChI is InChI=1S/C18H30N2O8/c1-18(2,3)28-17(27)19-12-6-4-11(5-7-12)8-13(16(25)26)20(9-14(21)22)10-15(23)24/h11-13H,4-10H2,1-3H3,(H,19,27)(H,21,22)(H,23,24)(H,25,26). The van der Waals surface area contributed by atoms with E-state index in [9.17, 15) is 24.3 Å². The average Bonchev–Trinajstić information content (AvgIpc) is 2.50. The monoisotopic (exact) mass is 402 g/mol. The van der Waals surface area contributed by atoms with Crippen molar-refractivity contribution >= 4 is 24.0 Å². The maximum atomic E-state index is 11.8. The van der Waals surface area contributed by atoms with Crippen molar-refractivity contribution in [1.29, 1.82) is 0 Å². The molecule has 1 unspecified atom stereocenters. The van der Waals surface area contributed by atoms with Crippen LogP contribution in [0.2, 0.25) is 0 Å². The van der Waals surface area contributed by atoms with Crippen LogP contribution in [0.3, 0.4) is 0 Å². The third-order valence-corrected chi connectivity index (χ3v) is 4.53. The van der Waals surface area contributed by atoms with Gasteiger partial charge in [0.25, 0.3) is 0 Å². The second-order valence-corrected chi connectivity index (χ2v) is 8.15. The maximum absolute atomic E-state index is 11.8. The van der Waals surface area contributed by atoms with Crippen molar-refractivity contribution in [3.05, 3.63) is 0 Å². The van der Waals surface area contributed by atoms with Gasteiger partial charge in [-0.15, -0.1) is 0 Å². The Morgan fingerprint density at radius 1 is 1.00 bits per heavy atom. The molecule has 1 atom stereocenters. The topological polar surface area (TPSA) is 153 Å². The predicted octanol–water partition coefficient (Wildman–Crippen LogP) is 1.38. The van der Waals surface area contributed by atoms with Crippen molar-refractivity contribution in [2.24, 2.45) is 5.92 Å². The summed E-state index contributed by atoms with van der Waals surface area (Å²) in [6, 6.07) is -1.25. The zero-order valence-electron chi connectivity index (χ0n) is 16.5. The molecule has 10 nitrogen and oxygen atoms in total. The quantitative estimate of drug-likeness (QED) is 0.448. The summed E-state index contributed by atoms with van der Waals surface area (Å²) in [6.45, 7) is 4.01. The van der Waals surface area contributed by atoms with E-state index in [4.69, 9.17) is 14.9 Å². The summed E-state index contributed by atoms with van der Waals surface area (Å²) in [7, 11) is 0. The third-order valence-electron chi connectivity index (χ3n) is 4.53. The van der Waals surface area contributed by atoms with Gasteiger partial charge >= 0.3 is 24.0 Å². The Balaban J connectivity index is 2.61. The molecule has 0 aromatic rings. The van der Waals surface area contributed by atoms with Gasteiger partial charge in [-0.2, -0.15) is 0 Å². The fraction of sp³-hybridized carbons (Fsp3) is 0.778. The minimum Gasteiger partial charge on any atom is -0.480 e. The number of carbonyl (C=O) groups is 4. The van der Waals surface area contributed by atoms with Gasteiger partial charge in [-0.25, -0.2) is 4.79 Å². The molecule has 0 aromatic heterocycles. The fourth-order valence-corrected chi connectivity index (χ4v) is 3.36. The molecule has 0 aliphatic heterocycles. The lowest BCUT2D eigenvalue weighted by atomic mass is 9.82. The lowest BCUT2D eigenvalue weighted by molar-refractivity contribution is -0.149. The smallest absolute Gasteiger partial charge is 0.407 e. The number of hydrogen-bond donors (Lipinski definition) is 4. The van der Waals surface area contributed by atoms with Crippen molar-refractivity contribution in [2.45, 2.75) is 70.6 Å². The van der Waals surface area contributed by atoms with Gasteiger partial charge in [0.15, 0.2) is 0 Å². The molecule has 1 saturated carbocycles. The Kier molecular flexibility index (Phi) is 8.67. The summed E-state index contributed by atoms with van der Waals surface area (Å²) < 4.78 is 5.22. The zero-order valence-corrected chi connectivity index (χ0v) is 16.5. The SMILES string of the molecule is CC(C)(C)OC(=O)NC1CCC(CC(C(=O)O)N(CC(=O)O)CC(=O)O)CC1.